The summed E-state index contributed by atoms with van der Waals surface area (Å²) in [4.78, 5) is 16.9. The fourth-order valence-corrected chi connectivity index (χ4v) is 4.34. The van der Waals surface area contributed by atoms with Crippen molar-refractivity contribution in [1.82, 2.24) is 10.3 Å². The molecule has 1 amide bonds. The molecule has 178 valence electrons. The maximum absolute atomic E-state index is 14.8. The van der Waals surface area contributed by atoms with Gasteiger partial charge in [-0.2, -0.15) is 0 Å². The molecule has 5 rings (SSSR count). The van der Waals surface area contributed by atoms with E-state index in [2.05, 4.69) is 10.3 Å². The zero-order chi connectivity index (χ0) is 24.2. The van der Waals surface area contributed by atoms with Gasteiger partial charge in [0.1, 0.15) is 34.6 Å². The standard InChI is InChI=1S/C26H21FN2O5S/c1-31-18-4-2-3-17(9-18)13-32-19-6-7-20(21(27)11-19)26-29-22(14-35-26)25(30)28-12-16-5-8-23-24(10-16)34-15-33-23/h2-11,14H,12-13,15H2,1H3,(H,28,30). The number of halogens is 1. The van der Waals surface area contributed by atoms with Crippen LogP contribution in [0.15, 0.2) is 66.0 Å². The van der Waals surface area contributed by atoms with Gasteiger partial charge in [-0.25, -0.2) is 9.37 Å². The fraction of sp³-hybridized carbons (Fsp3) is 0.154. The average Bonchev–Trinajstić information content (AvgIpc) is 3.56. The second-order valence-corrected chi connectivity index (χ2v) is 8.55. The van der Waals surface area contributed by atoms with Gasteiger partial charge in [0.15, 0.2) is 11.5 Å². The summed E-state index contributed by atoms with van der Waals surface area (Å²) < 4.78 is 36.4. The second kappa shape index (κ2) is 10.0. The van der Waals surface area contributed by atoms with E-state index in [1.165, 1.54) is 17.4 Å². The van der Waals surface area contributed by atoms with Crippen LogP contribution >= 0.6 is 11.3 Å². The molecule has 9 heteroatoms. The van der Waals surface area contributed by atoms with Gasteiger partial charge in [-0.3, -0.25) is 4.79 Å². The highest BCUT2D eigenvalue weighted by Gasteiger charge is 2.17. The molecule has 0 atom stereocenters. The highest BCUT2D eigenvalue weighted by molar-refractivity contribution is 7.13. The maximum atomic E-state index is 14.8. The predicted molar refractivity (Wildman–Crippen MR) is 129 cm³/mol. The molecule has 0 saturated carbocycles. The summed E-state index contributed by atoms with van der Waals surface area (Å²) in [7, 11) is 1.60. The van der Waals surface area contributed by atoms with Gasteiger partial charge in [-0.15, -0.1) is 11.3 Å². The first-order chi connectivity index (χ1) is 17.1. The minimum atomic E-state index is -0.477. The van der Waals surface area contributed by atoms with Crippen molar-refractivity contribution < 1.29 is 28.1 Å². The van der Waals surface area contributed by atoms with Gasteiger partial charge in [0.2, 0.25) is 6.79 Å². The molecule has 0 bridgehead atoms. The summed E-state index contributed by atoms with van der Waals surface area (Å²) >= 11 is 1.20. The Balaban J connectivity index is 1.21. The van der Waals surface area contributed by atoms with Crippen LogP contribution in [0.4, 0.5) is 4.39 Å². The normalized spacial score (nSPS) is 11.8. The van der Waals surface area contributed by atoms with E-state index in [1.54, 1.807) is 30.7 Å². The number of nitrogens with one attached hydrogen (secondary N) is 1. The van der Waals surface area contributed by atoms with Crippen molar-refractivity contribution >= 4 is 17.2 Å². The molecular formula is C26H21FN2O5S. The topological polar surface area (TPSA) is 78.9 Å². The predicted octanol–water partition coefficient (Wildman–Crippen LogP) is 5.20. The molecule has 4 aromatic rings. The molecule has 1 aliphatic rings. The van der Waals surface area contributed by atoms with E-state index in [4.69, 9.17) is 18.9 Å². The number of benzene rings is 3. The summed E-state index contributed by atoms with van der Waals surface area (Å²) in [6, 6.07) is 17.6. The summed E-state index contributed by atoms with van der Waals surface area (Å²) in [6.07, 6.45) is 0. The second-order valence-electron chi connectivity index (χ2n) is 7.69. The van der Waals surface area contributed by atoms with E-state index in [-0.39, 0.29) is 25.0 Å². The Labute approximate surface area is 205 Å². The lowest BCUT2D eigenvalue weighted by Crippen LogP contribution is -2.23. The maximum Gasteiger partial charge on any atom is 0.271 e. The van der Waals surface area contributed by atoms with Crippen LogP contribution in [0.1, 0.15) is 21.6 Å². The highest BCUT2D eigenvalue weighted by atomic mass is 32.1. The molecule has 0 radical (unpaired) electrons. The lowest BCUT2D eigenvalue weighted by atomic mass is 10.2. The minimum absolute atomic E-state index is 0.193. The van der Waals surface area contributed by atoms with Gasteiger partial charge in [0.05, 0.1) is 7.11 Å². The molecule has 0 unspecified atom stereocenters. The van der Waals surface area contributed by atoms with Crippen molar-refractivity contribution in [2.45, 2.75) is 13.2 Å². The number of thiazole rings is 1. The van der Waals surface area contributed by atoms with Crippen LogP contribution < -0.4 is 24.3 Å². The molecule has 0 fully saturated rings. The zero-order valence-electron chi connectivity index (χ0n) is 18.7. The van der Waals surface area contributed by atoms with Crippen molar-refractivity contribution in [2.75, 3.05) is 13.9 Å². The molecule has 0 saturated heterocycles. The van der Waals surface area contributed by atoms with Gasteiger partial charge in [0.25, 0.3) is 5.91 Å². The SMILES string of the molecule is COc1cccc(COc2ccc(-c3nc(C(=O)NCc4ccc5c(c4)OCO5)cs3)c(F)c2)c1. The van der Waals surface area contributed by atoms with Gasteiger partial charge in [-0.05, 0) is 47.5 Å². The number of carbonyl (C=O) groups excluding carboxylic acids is 1. The highest BCUT2D eigenvalue weighted by Crippen LogP contribution is 2.33. The third-order valence-corrected chi connectivity index (χ3v) is 6.21. The van der Waals surface area contributed by atoms with Crippen LogP contribution in [-0.4, -0.2) is 24.8 Å². The number of carbonyl (C=O) groups is 1. The number of nitrogens with zero attached hydrogens (tertiary/aromatic N) is 1. The molecule has 3 aromatic carbocycles. The van der Waals surface area contributed by atoms with Gasteiger partial charge < -0.3 is 24.3 Å². The van der Waals surface area contributed by atoms with E-state index < -0.39 is 5.82 Å². The van der Waals surface area contributed by atoms with Crippen LogP contribution in [0.2, 0.25) is 0 Å². The monoisotopic (exact) mass is 492 g/mol. The Morgan fingerprint density at radius 2 is 1.94 bits per heavy atom. The Kier molecular flexibility index (Phi) is 6.49. The van der Waals surface area contributed by atoms with Gasteiger partial charge >= 0.3 is 0 Å². The van der Waals surface area contributed by atoms with Gasteiger partial charge in [0, 0.05) is 23.6 Å². The van der Waals surface area contributed by atoms with E-state index in [9.17, 15) is 9.18 Å². The van der Waals surface area contributed by atoms with Crippen LogP contribution in [0.3, 0.4) is 0 Å². The average molecular weight is 493 g/mol. The van der Waals surface area contributed by atoms with E-state index in [1.807, 2.05) is 36.4 Å². The minimum Gasteiger partial charge on any atom is -0.497 e. The number of hydrogen-bond acceptors (Lipinski definition) is 7. The summed E-state index contributed by atoms with van der Waals surface area (Å²) in [5.41, 5.74) is 2.31. The molecule has 2 heterocycles. The molecule has 7 nitrogen and oxygen atoms in total. The van der Waals surface area contributed by atoms with Crippen molar-refractivity contribution in [3.05, 3.63) is 88.7 Å². The van der Waals surface area contributed by atoms with Crippen LogP contribution in [0, 0.1) is 5.82 Å². The molecule has 1 N–H and O–H groups in total. The van der Waals surface area contributed by atoms with Crippen molar-refractivity contribution in [1.29, 1.82) is 0 Å². The first-order valence-electron chi connectivity index (χ1n) is 10.8. The third kappa shape index (κ3) is 5.20. The summed E-state index contributed by atoms with van der Waals surface area (Å²) in [5, 5.41) is 4.84. The van der Waals surface area contributed by atoms with Gasteiger partial charge in [-0.1, -0.05) is 18.2 Å². The Hall–Kier alpha value is -4.11. The van der Waals surface area contributed by atoms with E-state index in [0.29, 0.717) is 34.4 Å². The van der Waals surface area contributed by atoms with Crippen LogP contribution in [0.5, 0.6) is 23.0 Å². The molecule has 0 aliphatic carbocycles. The van der Waals surface area contributed by atoms with E-state index in [0.717, 1.165) is 16.9 Å². The molecule has 35 heavy (non-hydrogen) atoms. The fourth-order valence-electron chi connectivity index (χ4n) is 3.51. The number of aromatic nitrogens is 1. The summed E-state index contributed by atoms with van der Waals surface area (Å²) in [5.74, 6) is 1.64. The lowest BCUT2D eigenvalue weighted by molar-refractivity contribution is 0.0946. The number of rotatable bonds is 8. The largest absolute Gasteiger partial charge is 0.497 e. The summed E-state index contributed by atoms with van der Waals surface area (Å²) in [6.45, 7) is 0.773. The van der Waals surface area contributed by atoms with Crippen LogP contribution in [0.25, 0.3) is 10.6 Å². The zero-order valence-corrected chi connectivity index (χ0v) is 19.6. The number of ether oxygens (including phenoxy) is 4. The number of hydrogen-bond donors (Lipinski definition) is 1. The molecule has 1 aliphatic heterocycles. The first-order valence-corrected chi connectivity index (χ1v) is 11.6. The van der Waals surface area contributed by atoms with Crippen molar-refractivity contribution in [3.63, 3.8) is 0 Å². The number of fused-ring (bicyclic) bond motifs is 1. The molecule has 0 spiro atoms. The smallest absolute Gasteiger partial charge is 0.271 e. The molecular weight excluding hydrogens is 471 g/mol. The first kappa shape index (κ1) is 22.7. The molecule has 1 aromatic heterocycles. The Bertz CT molecular complexity index is 1370. The van der Waals surface area contributed by atoms with Crippen molar-refractivity contribution in [3.8, 4) is 33.6 Å². The van der Waals surface area contributed by atoms with Crippen LogP contribution in [-0.2, 0) is 13.2 Å². The Morgan fingerprint density at radius 1 is 1.06 bits per heavy atom. The number of amides is 1. The quantitative estimate of drug-likeness (QED) is 0.365. The van der Waals surface area contributed by atoms with Crippen molar-refractivity contribution in [2.24, 2.45) is 0 Å². The Morgan fingerprint density at radius 3 is 2.80 bits per heavy atom. The third-order valence-electron chi connectivity index (χ3n) is 5.34. The lowest BCUT2D eigenvalue weighted by Gasteiger charge is -2.09. The van der Waals surface area contributed by atoms with E-state index >= 15 is 0 Å². The number of methoxy groups -OCH3 is 1.